The predicted octanol–water partition coefficient (Wildman–Crippen LogP) is 4.90. The SMILES string of the molecule is COC[C@H]1CC[C@H]2[C@H](CCC3[C@@H]2CC[C@]2(C)[C@@H](C(C)O)CC[C@@H]32)C1. The number of hydrogen-bond acceptors (Lipinski definition) is 2. The molecule has 0 aromatic rings. The number of methoxy groups -OCH3 is 1. The van der Waals surface area contributed by atoms with Crippen molar-refractivity contribution in [3.8, 4) is 0 Å². The van der Waals surface area contributed by atoms with E-state index in [0.29, 0.717) is 11.3 Å². The minimum absolute atomic E-state index is 0.114. The maximum Gasteiger partial charge on any atom is 0.0545 e. The van der Waals surface area contributed by atoms with E-state index in [2.05, 4.69) is 6.92 Å². The summed E-state index contributed by atoms with van der Waals surface area (Å²) in [4.78, 5) is 0. The maximum absolute atomic E-state index is 10.3. The van der Waals surface area contributed by atoms with Crippen molar-refractivity contribution in [2.75, 3.05) is 13.7 Å². The lowest BCUT2D eigenvalue weighted by Gasteiger charge is -2.56. The third-order valence-electron chi connectivity index (χ3n) is 9.12. The van der Waals surface area contributed by atoms with Crippen molar-refractivity contribution < 1.29 is 9.84 Å². The van der Waals surface area contributed by atoms with Crippen molar-refractivity contribution in [1.82, 2.24) is 0 Å². The molecule has 4 saturated carbocycles. The van der Waals surface area contributed by atoms with Gasteiger partial charge < -0.3 is 9.84 Å². The first-order valence-corrected chi connectivity index (χ1v) is 10.7. The van der Waals surface area contributed by atoms with E-state index in [1.165, 1.54) is 57.8 Å². The molecule has 9 atom stereocenters. The minimum atomic E-state index is -0.114. The smallest absolute Gasteiger partial charge is 0.0545 e. The number of aliphatic hydroxyl groups excluding tert-OH is 1. The second-order valence-corrected chi connectivity index (χ2v) is 10.0. The summed E-state index contributed by atoms with van der Waals surface area (Å²) in [6, 6.07) is 0. The van der Waals surface area contributed by atoms with E-state index < -0.39 is 0 Å². The molecule has 24 heavy (non-hydrogen) atoms. The molecule has 2 nitrogen and oxygen atoms in total. The summed E-state index contributed by atoms with van der Waals surface area (Å²) in [7, 11) is 1.86. The van der Waals surface area contributed by atoms with Crippen molar-refractivity contribution >= 4 is 0 Å². The van der Waals surface area contributed by atoms with Crippen LogP contribution in [-0.4, -0.2) is 24.9 Å². The van der Waals surface area contributed by atoms with Gasteiger partial charge in [-0.1, -0.05) is 6.92 Å². The van der Waals surface area contributed by atoms with E-state index in [1.807, 2.05) is 14.0 Å². The summed E-state index contributed by atoms with van der Waals surface area (Å²) in [5, 5.41) is 10.3. The summed E-state index contributed by atoms with van der Waals surface area (Å²) in [5.41, 5.74) is 0.426. The molecule has 4 fully saturated rings. The lowest BCUT2D eigenvalue weighted by atomic mass is 9.49. The summed E-state index contributed by atoms with van der Waals surface area (Å²) in [6.07, 6.45) is 12.6. The van der Waals surface area contributed by atoms with Crippen LogP contribution < -0.4 is 0 Å². The van der Waals surface area contributed by atoms with Crippen molar-refractivity contribution in [3.05, 3.63) is 0 Å². The lowest BCUT2D eigenvalue weighted by molar-refractivity contribution is -0.0846. The Morgan fingerprint density at radius 1 is 1.00 bits per heavy atom. The van der Waals surface area contributed by atoms with Crippen LogP contribution in [0.5, 0.6) is 0 Å². The highest BCUT2D eigenvalue weighted by Crippen LogP contribution is 2.64. The third-order valence-corrected chi connectivity index (χ3v) is 9.12. The molecule has 4 rings (SSSR count). The summed E-state index contributed by atoms with van der Waals surface area (Å²) >= 11 is 0. The van der Waals surface area contributed by atoms with Gasteiger partial charge in [-0.3, -0.25) is 0 Å². The third kappa shape index (κ3) is 2.67. The fraction of sp³-hybridized carbons (Fsp3) is 1.00. The van der Waals surface area contributed by atoms with E-state index in [1.54, 1.807) is 0 Å². The Morgan fingerprint density at radius 3 is 2.54 bits per heavy atom. The molecule has 2 heteroatoms. The number of rotatable bonds is 3. The molecule has 0 saturated heterocycles. The zero-order chi connectivity index (χ0) is 16.9. The van der Waals surface area contributed by atoms with E-state index >= 15 is 0 Å². The van der Waals surface area contributed by atoms with Crippen molar-refractivity contribution in [1.29, 1.82) is 0 Å². The van der Waals surface area contributed by atoms with Crippen molar-refractivity contribution in [3.63, 3.8) is 0 Å². The molecule has 1 N–H and O–H groups in total. The zero-order valence-corrected chi connectivity index (χ0v) is 16.0. The predicted molar refractivity (Wildman–Crippen MR) is 97.6 cm³/mol. The molecule has 4 aliphatic carbocycles. The highest BCUT2D eigenvalue weighted by Gasteiger charge is 2.57. The van der Waals surface area contributed by atoms with Crippen LogP contribution in [0.25, 0.3) is 0 Å². The largest absolute Gasteiger partial charge is 0.393 e. The molecule has 0 heterocycles. The van der Waals surface area contributed by atoms with Gasteiger partial charge in [-0.15, -0.1) is 0 Å². The van der Waals surface area contributed by atoms with Gasteiger partial charge in [0.1, 0.15) is 0 Å². The molecular formula is C22H38O2. The first kappa shape index (κ1) is 17.3. The molecule has 0 radical (unpaired) electrons. The van der Waals surface area contributed by atoms with Crippen molar-refractivity contribution in [2.45, 2.75) is 77.7 Å². The van der Waals surface area contributed by atoms with Gasteiger partial charge >= 0.3 is 0 Å². The topological polar surface area (TPSA) is 29.5 Å². The summed E-state index contributed by atoms with van der Waals surface area (Å²) < 4.78 is 5.45. The summed E-state index contributed by atoms with van der Waals surface area (Å²) in [6.45, 7) is 5.55. The minimum Gasteiger partial charge on any atom is -0.393 e. The standard InChI is InChI=1S/C22H38O2/c1-14(23)20-8-9-21-19-7-5-16-12-15(13-24-3)4-6-17(16)18(19)10-11-22(20,21)2/h14-21,23H,4-13H2,1-3H3/t14?,15-,16+,17-,18+,19?,20+,21-,22+/m0/s1. The van der Waals surface area contributed by atoms with Gasteiger partial charge in [0.2, 0.25) is 0 Å². The van der Waals surface area contributed by atoms with Gasteiger partial charge in [-0.25, -0.2) is 0 Å². The first-order valence-electron chi connectivity index (χ1n) is 10.7. The molecule has 138 valence electrons. The molecule has 4 aliphatic rings. The van der Waals surface area contributed by atoms with Gasteiger partial charge in [0.25, 0.3) is 0 Å². The van der Waals surface area contributed by atoms with E-state index in [4.69, 9.17) is 4.74 Å². The van der Waals surface area contributed by atoms with E-state index in [9.17, 15) is 5.11 Å². The Labute approximate surface area is 148 Å². The highest BCUT2D eigenvalue weighted by molar-refractivity contribution is 5.06. The molecule has 0 aromatic heterocycles. The zero-order valence-electron chi connectivity index (χ0n) is 16.0. The van der Waals surface area contributed by atoms with Gasteiger partial charge in [0, 0.05) is 13.7 Å². The number of aliphatic hydroxyl groups is 1. The number of hydrogen-bond donors (Lipinski definition) is 1. The van der Waals surface area contributed by atoms with Crippen LogP contribution >= 0.6 is 0 Å². The second-order valence-electron chi connectivity index (χ2n) is 10.0. The summed E-state index contributed by atoms with van der Waals surface area (Å²) in [5.74, 6) is 6.23. The molecule has 0 aromatic carbocycles. The van der Waals surface area contributed by atoms with Crippen LogP contribution in [0.2, 0.25) is 0 Å². The van der Waals surface area contributed by atoms with Crippen LogP contribution in [0.3, 0.4) is 0 Å². The average Bonchev–Trinajstić information content (AvgIpc) is 2.92. The average molecular weight is 335 g/mol. The van der Waals surface area contributed by atoms with Crippen LogP contribution in [0.1, 0.15) is 71.6 Å². The van der Waals surface area contributed by atoms with Gasteiger partial charge in [0.05, 0.1) is 6.10 Å². The number of fused-ring (bicyclic) bond motifs is 5. The molecule has 0 bridgehead atoms. The molecular weight excluding hydrogens is 296 g/mol. The first-order chi connectivity index (χ1) is 11.5. The molecule has 0 spiro atoms. The lowest BCUT2D eigenvalue weighted by Crippen LogP contribution is -2.49. The quantitative estimate of drug-likeness (QED) is 0.795. The molecule has 2 unspecified atom stereocenters. The van der Waals surface area contributed by atoms with Gasteiger partial charge in [0.15, 0.2) is 0 Å². The Balaban J connectivity index is 1.48. The fourth-order valence-electron chi connectivity index (χ4n) is 8.17. The Morgan fingerprint density at radius 2 is 1.79 bits per heavy atom. The van der Waals surface area contributed by atoms with Crippen LogP contribution in [0.4, 0.5) is 0 Å². The fourth-order valence-corrected chi connectivity index (χ4v) is 8.17. The Bertz CT molecular complexity index is 447. The number of ether oxygens (including phenoxy) is 1. The second kappa shape index (κ2) is 6.58. The van der Waals surface area contributed by atoms with Crippen molar-refractivity contribution in [2.24, 2.45) is 46.8 Å². The molecule has 0 aliphatic heterocycles. The Kier molecular flexibility index (Phi) is 4.75. The molecule has 0 amide bonds. The monoisotopic (exact) mass is 334 g/mol. The van der Waals surface area contributed by atoms with Crippen LogP contribution in [0.15, 0.2) is 0 Å². The van der Waals surface area contributed by atoms with Gasteiger partial charge in [-0.2, -0.15) is 0 Å². The normalized spacial score (nSPS) is 52.2. The highest BCUT2D eigenvalue weighted by atomic mass is 16.5. The Hall–Kier alpha value is -0.0800. The van der Waals surface area contributed by atoms with Crippen LogP contribution in [-0.2, 0) is 4.74 Å². The maximum atomic E-state index is 10.3. The van der Waals surface area contributed by atoms with Crippen LogP contribution in [0, 0.1) is 46.8 Å². The van der Waals surface area contributed by atoms with Gasteiger partial charge in [-0.05, 0) is 112 Å². The van der Waals surface area contributed by atoms with E-state index in [0.717, 1.165) is 42.1 Å². The van der Waals surface area contributed by atoms with E-state index in [-0.39, 0.29) is 6.10 Å².